The molecule has 0 spiro atoms. The number of carbonyl (C=O) groups is 1. The largest absolute Gasteiger partial charge is 0.493 e. The van der Waals surface area contributed by atoms with E-state index in [9.17, 15) is 23.2 Å². The van der Waals surface area contributed by atoms with Gasteiger partial charge in [0.2, 0.25) is 5.75 Å². The molecule has 6 nitrogen and oxygen atoms in total. The van der Waals surface area contributed by atoms with Crippen LogP contribution in [0.3, 0.4) is 0 Å². The number of nitriles is 1. The minimum absolute atomic E-state index is 0.0675. The first-order chi connectivity index (χ1) is 13.4. The van der Waals surface area contributed by atoms with Crippen LogP contribution in [0.5, 0.6) is 17.2 Å². The molecule has 0 aliphatic rings. The van der Waals surface area contributed by atoms with Crippen LogP contribution in [0.2, 0.25) is 0 Å². The molecule has 146 valence electrons. The monoisotopic (exact) mass is 392 g/mol. The number of anilines is 1. The zero-order valence-corrected chi connectivity index (χ0v) is 14.8. The van der Waals surface area contributed by atoms with E-state index in [1.165, 1.54) is 44.6 Å². The van der Waals surface area contributed by atoms with Crippen LogP contribution < -0.4 is 19.5 Å². The number of halogens is 3. The van der Waals surface area contributed by atoms with Gasteiger partial charge in [0.15, 0.2) is 11.5 Å². The van der Waals surface area contributed by atoms with Crippen molar-refractivity contribution in [3.63, 3.8) is 0 Å². The number of nitrogens with one attached hydrogen (secondary N) is 1. The fourth-order valence-corrected chi connectivity index (χ4v) is 2.24. The minimum atomic E-state index is -3.10. The van der Waals surface area contributed by atoms with E-state index in [4.69, 9.17) is 9.47 Å². The van der Waals surface area contributed by atoms with Gasteiger partial charge < -0.3 is 19.5 Å². The topological polar surface area (TPSA) is 80.6 Å². The molecule has 0 unspecified atom stereocenters. The zero-order valence-electron chi connectivity index (χ0n) is 14.8. The molecule has 1 N–H and O–H groups in total. The molecule has 28 heavy (non-hydrogen) atoms. The molecular weight excluding hydrogens is 377 g/mol. The molecule has 1 amide bonds. The first-order valence-electron chi connectivity index (χ1n) is 7.77. The summed E-state index contributed by atoms with van der Waals surface area (Å²) in [7, 11) is 2.49. The third-order valence-electron chi connectivity index (χ3n) is 3.47. The lowest BCUT2D eigenvalue weighted by Crippen LogP contribution is -2.13. The van der Waals surface area contributed by atoms with E-state index in [-0.39, 0.29) is 28.4 Å². The van der Waals surface area contributed by atoms with Crippen LogP contribution in [0.1, 0.15) is 5.56 Å². The van der Waals surface area contributed by atoms with E-state index in [1.807, 2.05) is 0 Å². The Kier molecular flexibility index (Phi) is 6.87. The molecule has 0 aromatic heterocycles. The second kappa shape index (κ2) is 9.32. The molecule has 0 radical (unpaired) electrons. The molecule has 0 bridgehead atoms. The maximum absolute atomic E-state index is 12.9. The van der Waals surface area contributed by atoms with Crippen LogP contribution in [-0.4, -0.2) is 26.7 Å². The Balaban J connectivity index is 2.36. The highest BCUT2D eigenvalue weighted by atomic mass is 19.3. The number of alkyl halides is 2. The summed E-state index contributed by atoms with van der Waals surface area (Å²) in [4.78, 5) is 12.3. The van der Waals surface area contributed by atoms with E-state index in [0.29, 0.717) is 5.69 Å². The fourth-order valence-electron chi connectivity index (χ4n) is 2.24. The minimum Gasteiger partial charge on any atom is -0.493 e. The van der Waals surface area contributed by atoms with Gasteiger partial charge >= 0.3 is 6.61 Å². The smallest absolute Gasteiger partial charge is 0.387 e. The maximum atomic E-state index is 12.9. The molecule has 0 fully saturated rings. The molecule has 0 saturated heterocycles. The molecule has 0 aliphatic carbocycles. The van der Waals surface area contributed by atoms with Crippen molar-refractivity contribution in [3.05, 3.63) is 53.4 Å². The van der Waals surface area contributed by atoms with Gasteiger partial charge in [0.1, 0.15) is 17.5 Å². The van der Waals surface area contributed by atoms with Crippen LogP contribution in [0.25, 0.3) is 6.08 Å². The number of amides is 1. The first-order valence-corrected chi connectivity index (χ1v) is 7.77. The predicted molar refractivity (Wildman–Crippen MR) is 94.8 cm³/mol. The number of methoxy groups -OCH3 is 2. The van der Waals surface area contributed by atoms with E-state index in [2.05, 4.69) is 10.1 Å². The van der Waals surface area contributed by atoms with Crippen LogP contribution in [0.15, 0.2) is 42.0 Å². The number of ether oxygens (including phenoxy) is 3. The molecule has 2 aromatic rings. The van der Waals surface area contributed by atoms with Crippen LogP contribution in [0.4, 0.5) is 18.9 Å². The second-order valence-corrected chi connectivity index (χ2v) is 5.26. The lowest BCUT2D eigenvalue weighted by Gasteiger charge is -2.14. The normalized spacial score (nSPS) is 11.0. The SMILES string of the molecule is COc1cc(/C=C(\C#N)C(=O)Nc2ccc(F)cc2)cc(OC)c1OC(F)F. The van der Waals surface area contributed by atoms with Crippen LogP contribution in [0, 0.1) is 17.1 Å². The predicted octanol–water partition coefficient (Wildman–Crippen LogP) is 3.99. The van der Waals surface area contributed by atoms with Crippen LogP contribution >= 0.6 is 0 Å². The Morgan fingerprint density at radius 2 is 1.71 bits per heavy atom. The van der Waals surface area contributed by atoms with E-state index >= 15 is 0 Å². The van der Waals surface area contributed by atoms with Gasteiger partial charge in [0.05, 0.1) is 14.2 Å². The van der Waals surface area contributed by atoms with Crippen molar-refractivity contribution in [2.24, 2.45) is 0 Å². The van der Waals surface area contributed by atoms with Gasteiger partial charge in [-0.2, -0.15) is 14.0 Å². The lowest BCUT2D eigenvalue weighted by atomic mass is 10.1. The van der Waals surface area contributed by atoms with Gasteiger partial charge in [-0.3, -0.25) is 4.79 Å². The number of hydrogen-bond acceptors (Lipinski definition) is 5. The average molecular weight is 392 g/mol. The Labute approximate surface area is 158 Å². The summed E-state index contributed by atoms with van der Waals surface area (Å²) in [6.45, 7) is -3.10. The molecule has 0 heterocycles. The molecule has 9 heteroatoms. The quantitative estimate of drug-likeness (QED) is 0.569. The highest BCUT2D eigenvalue weighted by Crippen LogP contribution is 2.40. The van der Waals surface area contributed by atoms with Gasteiger partial charge in [0, 0.05) is 5.69 Å². The van der Waals surface area contributed by atoms with Crippen molar-refractivity contribution in [2.75, 3.05) is 19.5 Å². The summed E-state index contributed by atoms with van der Waals surface area (Å²) in [5, 5.41) is 11.7. The summed E-state index contributed by atoms with van der Waals surface area (Å²) < 4.78 is 52.6. The first kappa shape index (κ1) is 20.6. The van der Waals surface area contributed by atoms with Crippen molar-refractivity contribution in [2.45, 2.75) is 6.61 Å². The number of rotatable bonds is 7. The lowest BCUT2D eigenvalue weighted by molar-refractivity contribution is -0.112. The Morgan fingerprint density at radius 1 is 1.14 bits per heavy atom. The zero-order chi connectivity index (χ0) is 20.7. The van der Waals surface area contributed by atoms with Crippen molar-refractivity contribution < 1.29 is 32.2 Å². The van der Waals surface area contributed by atoms with Crippen LogP contribution in [-0.2, 0) is 4.79 Å². The standard InChI is InChI=1S/C19H15F3N2O4/c1-26-15-8-11(9-16(27-2)17(15)28-19(21)22)7-12(10-23)18(25)24-14-5-3-13(20)4-6-14/h3-9,19H,1-2H3,(H,24,25)/b12-7+. The van der Waals surface area contributed by atoms with E-state index in [1.54, 1.807) is 6.07 Å². The highest BCUT2D eigenvalue weighted by Gasteiger charge is 2.18. The third kappa shape index (κ3) is 5.17. The average Bonchev–Trinajstić information content (AvgIpc) is 2.67. The maximum Gasteiger partial charge on any atom is 0.387 e. The molecule has 0 atom stereocenters. The van der Waals surface area contributed by atoms with Crippen molar-refractivity contribution in [3.8, 4) is 23.3 Å². The molecular formula is C19H15F3N2O4. The molecule has 0 saturated carbocycles. The second-order valence-electron chi connectivity index (χ2n) is 5.26. The number of benzene rings is 2. The Hall–Kier alpha value is -3.67. The summed E-state index contributed by atoms with van der Waals surface area (Å²) in [6, 6.07) is 9.35. The van der Waals surface area contributed by atoms with Crippen molar-refractivity contribution >= 4 is 17.7 Å². The number of hydrogen-bond donors (Lipinski definition) is 1. The Bertz CT molecular complexity index is 897. The molecule has 2 aromatic carbocycles. The van der Waals surface area contributed by atoms with Crippen molar-refractivity contribution in [1.82, 2.24) is 0 Å². The van der Waals surface area contributed by atoms with E-state index in [0.717, 1.165) is 12.1 Å². The molecule has 0 aliphatic heterocycles. The van der Waals surface area contributed by atoms with Gasteiger partial charge in [-0.05, 0) is 48.0 Å². The summed E-state index contributed by atoms with van der Waals surface area (Å²) >= 11 is 0. The fraction of sp³-hybridized carbons (Fsp3) is 0.158. The van der Waals surface area contributed by atoms with Gasteiger partial charge in [-0.15, -0.1) is 0 Å². The third-order valence-corrected chi connectivity index (χ3v) is 3.47. The Morgan fingerprint density at radius 3 is 2.18 bits per heavy atom. The van der Waals surface area contributed by atoms with Gasteiger partial charge in [-0.1, -0.05) is 0 Å². The molecule has 2 rings (SSSR count). The summed E-state index contributed by atoms with van der Waals surface area (Å²) in [6.07, 6.45) is 1.22. The summed E-state index contributed by atoms with van der Waals surface area (Å²) in [5.74, 6) is -1.66. The number of carbonyl (C=O) groups excluding carboxylic acids is 1. The van der Waals surface area contributed by atoms with Crippen molar-refractivity contribution in [1.29, 1.82) is 5.26 Å². The van der Waals surface area contributed by atoms with E-state index < -0.39 is 18.3 Å². The van der Waals surface area contributed by atoms with Gasteiger partial charge in [-0.25, -0.2) is 4.39 Å². The highest BCUT2D eigenvalue weighted by molar-refractivity contribution is 6.09. The number of nitrogens with zero attached hydrogens (tertiary/aromatic N) is 1. The summed E-state index contributed by atoms with van der Waals surface area (Å²) in [5.41, 5.74) is 0.292. The van der Waals surface area contributed by atoms with Gasteiger partial charge in [0.25, 0.3) is 5.91 Å².